The van der Waals surface area contributed by atoms with Gasteiger partial charge in [0.05, 0.1) is 44.0 Å². The van der Waals surface area contributed by atoms with Crippen LogP contribution in [0, 0.1) is 18.8 Å². The maximum atomic E-state index is 11.8. The van der Waals surface area contributed by atoms with Gasteiger partial charge in [0, 0.05) is 23.8 Å². The highest BCUT2D eigenvalue weighted by atomic mass is 32.2. The van der Waals surface area contributed by atoms with Crippen LogP contribution in [0.5, 0.6) is 0 Å². The van der Waals surface area contributed by atoms with E-state index >= 15 is 0 Å². The standard InChI is InChI=1S/C27H45N4O5PS/c1-8-10-21-22(15-24(35-21)31-17-30-25-20(7)28-16-29-26(25)31)36-37(23(9-2)18(3)4)34-12-11-33-13-14-38-27(32)19(5)6/h16-19,21-24H,8-15H2,1-7H3. The number of aryl methyl sites for hydroxylation is 1. The molecule has 3 rings (SSSR count). The number of carbonyl (C=O) groups excluding carboxylic acids is 1. The van der Waals surface area contributed by atoms with Crippen molar-refractivity contribution in [1.29, 1.82) is 0 Å². The average molecular weight is 569 g/mol. The predicted octanol–water partition coefficient (Wildman–Crippen LogP) is 6.30. The van der Waals surface area contributed by atoms with Crippen LogP contribution in [0.4, 0.5) is 0 Å². The summed E-state index contributed by atoms with van der Waals surface area (Å²) >= 11 is 1.33. The van der Waals surface area contributed by atoms with Gasteiger partial charge in [-0.25, -0.2) is 15.0 Å². The summed E-state index contributed by atoms with van der Waals surface area (Å²) in [6, 6.07) is 0. The Balaban J connectivity index is 1.62. The molecule has 0 spiro atoms. The lowest BCUT2D eigenvalue weighted by Gasteiger charge is -2.31. The third kappa shape index (κ3) is 8.42. The Bertz CT molecular complexity index is 1010. The van der Waals surface area contributed by atoms with E-state index in [1.54, 1.807) is 12.7 Å². The maximum Gasteiger partial charge on any atom is 0.191 e. The van der Waals surface area contributed by atoms with E-state index in [1.165, 1.54) is 11.8 Å². The van der Waals surface area contributed by atoms with Crippen molar-refractivity contribution in [2.75, 3.05) is 25.6 Å². The lowest BCUT2D eigenvalue weighted by Crippen LogP contribution is -2.26. The second-order valence-electron chi connectivity index (χ2n) is 10.4. The summed E-state index contributed by atoms with van der Waals surface area (Å²) in [5.41, 5.74) is 2.76. The van der Waals surface area contributed by atoms with Crippen molar-refractivity contribution in [3.8, 4) is 0 Å². The zero-order chi connectivity index (χ0) is 27.7. The van der Waals surface area contributed by atoms with Gasteiger partial charge >= 0.3 is 0 Å². The number of ether oxygens (including phenoxy) is 2. The van der Waals surface area contributed by atoms with Gasteiger partial charge in [-0.1, -0.05) is 59.7 Å². The Hall–Kier alpha value is -1.16. The first-order chi connectivity index (χ1) is 18.3. The highest BCUT2D eigenvalue weighted by Crippen LogP contribution is 2.52. The molecule has 38 heavy (non-hydrogen) atoms. The molecule has 0 aliphatic carbocycles. The Morgan fingerprint density at radius 2 is 1.97 bits per heavy atom. The van der Waals surface area contributed by atoms with Crippen molar-refractivity contribution in [1.82, 2.24) is 19.5 Å². The molecule has 0 bridgehead atoms. The molecule has 0 radical (unpaired) electrons. The minimum atomic E-state index is -1.14. The molecular formula is C27H45N4O5PS. The van der Waals surface area contributed by atoms with Gasteiger partial charge in [-0.2, -0.15) is 0 Å². The molecule has 5 unspecified atom stereocenters. The van der Waals surface area contributed by atoms with Crippen LogP contribution < -0.4 is 0 Å². The molecular weight excluding hydrogens is 523 g/mol. The zero-order valence-corrected chi connectivity index (χ0v) is 25.7. The van der Waals surface area contributed by atoms with Crippen molar-refractivity contribution in [2.24, 2.45) is 11.8 Å². The summed E-state index contributed by atoms with van der Waals surface area (Å²) < 4.78 is 27.4. The number of aromatic nitrogens is 4. The Kier molecular flexibility index (Phi) is 12.9. The third-order valence-corrected chi connectivity index (χ3v) is 10.2. The molecule has 1 aliphatic rings. The quantitative estimate of drug-likeness (QED) is 0.171. The second-order valence-corrected chi connectivity index (χ2v) is 13.2. The molecule has 2 aromatic heterocycles. The molecule has 1 aliphatic heterocycles. The van der Waals surface area contributed by atoms with Gasteiger partial charge in [-0.15, -0.1) is 0 Å². The van der Waals surface area contributed by atoms with Gasteiger partial charge in [-0.3, -0.25) is 9.36 Å². The fraction of sp³-hybridized carbons (Fsp3) is 0.778. The number of nitrogens with zero attached hydrogens (tertiary/aromatic N) is 4. The van der Waals surface area contributed by atoms with Crippen LogP contribution in [-0.4, -0.2) is 68.1 Å². The number of imidazole rings is 1. The Labute approximate surface area is 233 Å². The first kappa shape index (κ1) is 31.4. The molecule has 0 amide bonds. The summed E-state index contributed by atoms with van der Waals surface area (Å²) in [6.45, 7) is 16.1. The van der Waals surface area contributed by atoms with Gasteiger partial charge in [0.15, 0.2) is 19.1 Å². The van der Waals surface area contributed by atoms with Gasteiger partial charge < -0.3 is 18.5 Å². The van der Waals surface area contributed by atoms with Crippen LogP contribution in [0.2, 0.25) is 0 Å². The van der Waals surface area contributed by atoms with Crippen LogP contribution >= 0.6 is 20.1 Å². The molecule has 0 saturated carbocycles. The molecule has 9 nitrogen and oxygen atoms in total. The van der Waals surface area contributed by atoms with Gasteiger partial charge in [0.1, 0.15) is 18.1 Å². The number of rotatable bonds is 16. The van der Waals surface area contributed by atoms with E-state index < -0.39 is 8.38 Å². The van der Waals surface area contributed by atoms with E-state index in [2.05, 4.69) is 42.6 Å². The minimum absolute atomic E-state index is 0.0181. The van der Waals surface area contributed by atoms with Crippen LogP contribution in [-0.2, 0) is 23.3 Å². The molecule has 5 atom stereocenters. The van der Waals surface area contributed by atoms with Gasteiger partial charge in [0.2, 0.25) is 0 Å². The van der Waals surface area contributed by atoms with E-state index in [0.29, 0.717) is 43.6 Å². The van der Waals surface area contributed by atoms with Gasteiger partial charge in [0.25, 0.3) is 0 Å². The summed E-state index contributed by atoms with van der Waals surface area (Å²) in [7, 11) is -1.14. The average Bonchev–Trinajstić information content (AvgIpc) is 3.48. The van der Waals surface area contributed by atoms with E-state index in [-0.39, 0.29) is 29.5 Å². The van der Waals surface area contributed by atoms with Crippen molar-refractivity contribution in [3.05, 3.63) is 18.3 Å². The van der Waals surface area contributed by atoms with Crippen LogP contribution in [0.25, 0.3) is 11.2 Å². The van der Waals surface area contributed by atoms with Crippen molar-refractivity contribution in [2.45, 2.75) is 98.2 Å². The number of hydrogen-bond acceptors (Lipinski definition) is 9. The molecule has 1 saturated heterocycles. The van der Waals surface area contributed by atoms with Crippen LogP contribution in [0.1, 0.15) is 79.1 Å². The monoisotopic (exact) mass is 568 g/mol. The summed E-state index contributed by atoms with van der Waals surface area (Å²) in [5, 5.41) is 0.203. The second kappa shape index (κ2) is 15.6. The number of carbonyl (C=O) groups is 1. The van der Waals surface area contributed by atoms with E-state index in [1.807, 2.05) is 25.3 Å². The Morgan fingerprint density at radius 3 is 2.66 bits per heavy atom. The van der Waals surface area contributed by atoms with E-state index in [9.17, 15) is 4.79 Å². The Morgan fingerprint density at radius 1 is 1.18 bits per heavy atom. The lowest BCUT2D eigenvalue weighted by atomic mass is 10.1. The van der Waals surface area contributed by atoms with Crippen molar-refractivity contribution < 1.29 is 23.3 Å². The molecule has 1 fully saturated rings. The van der Waals surface area contributed by atoms with Crippen molar-refractivity contribution >= 4 is 36.4 Å². The smallest absolute Gasteiger partial charge is 0.191 e. The highest BCUT2D eigenvalue weighted by Gasteiger charge is 2.40. The summed E-state index contributed by atoms with van der Waals surface area (Å²) in [4.78, 5) is 25.0. The fourth-order valence-electron chi connectivity index (χ4n) is 4.56. The molecule has 2 aromatic rings. The van der Waals surface area contributed by atoms with Crippen LogP contribution in [0.3, 0.4) is 0 Å². The SMILES string of the molecule is CCCC1OC(n2cnc3c(C)ncnc32)CC1OP(OCCOCCSC(=O)C(C)C)C(CC)C(C)C. The number of thioether (sulfide) groups is 1. The van der Waals surface area contributed by atoms with Crippen molar-refractivity contribution in [3.63, 3.8) is 0 Å². The first-order valence-corrected chi connectivity index (χ1v) is 16.1. The summed E-state index contributed by atoms with van der Waals surface area (Å²) in [6.07, 6.45) is 6.72. The molecule has 0 N–H and O–H groups in total. The molecule has 3 heterocycles. The largest absolute Gasteiger partial charge is 0.378 e. The van der Waals surface area contributed by atoms with Crippen LogP contribution in [0.15, 0.2) is 12.7 Å². The zero-order valence-electron chi connectivity index (χ0n) is 24.0. The van der Waals surface area contributed by atoms with Gasteiger partial charge in [-0.05, 0) is 25.7 Å². The normalized spacial score (nSPS) is 21.6. The minimum Gasteiger partial charge on any atom is -0.378 e. The summed E-state index contributed by atoms with van der Waals surface area (Å²) in [5.74, 6) is 1.15. The third-order valence-electron chi connectivity index (χ3n) is 6.69. The lowest BCUT2D eigenvalue weighted by molar-refractivity contribution is -0.113. The number of hydrogen-bond donors (Lipinski definition) is 0. The molecule has 214 valence electrons. The number of fused-ring (bicyclic) bond motifs is 1. The first-order valence-electron chi connectivity index (χ1n) is 13.9. The molecule has 0 aromatic carbocycles. The topological polar surface area (TPSA) is 97.6 Å². The van der Waals surface area contributed by atoms with E-state index in [4.69, 9.17) is 18.5 Å². The fourth-order valence-corrected chi connectivity index (χ4v) is 7.23. The highest BCUT2D eigenvalue weighted by molar-refractivity contribution is 8.13. The maximum absolute atomic E-state index is 11.8. The predicted molar refractivity (Wildman–Crippen MR) is 153 cm³/mol. The van der Waals surface area contributed by atoms with E-state index in [0.717, 1.165) is 36.1 Å². The molecule has 11 heteroatoms.